The van der Waals surface area contributed by atoms with Gasteiger partial charge < -0.3 is 14.0 Å². The molecular weight excluding hydrogens is 396 g/mol. The van der Waals surface area contributed by atoms with Gasteiger partial charge in [-0.2, -0.15) is 0 Å². The number of pyridine rings is 1. The van der Waals surface area contributed by atoms with Crippen LogP contribution in [0.4, 0.5) is 14.5 Å². The number of aromatic nitrogens is 2. The quantitative estimate of drug-likeness (QED) is 0.332. The van der Waals surface area contributed by atoms with Crippen LogP contribution in [-0.2, 0) is 7.05 Å². The van der Waals surface area contributed by atoms with Crippen molar-refractivity contribution in [3.05, 3.63) is 76.6 Å². The second-order valence-electron chi connectivity index (χ2n) is 6.48. The minimum atomic E-state index is -0.886. The molecule has 9 heteroatoms. The van der Waals surface area contributed by atoms with Crippen molar-refractivity contribution in [2.24, 2.45) is 7.05 Å². The summed E-state index contributed by atoms with van der Waals surface area (Å²) in [5, 5.41) is 12.1. The zero-order valence-electron chi connectivity index (χ0n) is 15.9. The van der Waals surface area contributed by atoms with Crippen molar-refractivity contribution in [2.75, 3.05) is 7.11 Å². The summed E-state index contributed by atoms with van der Waals surface area (Å²) >= 11 is 0. The van der Waals surface area contributed by atoms with Crippen LogP contribution >= 0.6 is 0 Å². The Hall–Kier alpha value is -4.01. The van der Waals surface area contributed by atoms with Gasteiger partial charge in [0, 0.05) is 54.2 Å². The molecule has 0 spiro atoms. The first-order chi connectivity index (χ1) is 14.4. The maximum atomic E-state index is 14.1. The molecule has 0 bridgehead atoms. The Morgan fingerprint density at radius 2 is 1.83 bits per heavy atom. The number of methoxy groups -OCH3 is 1. The van der Waals surface area contributed by atoms with Gasteiger partial charge in [-0.05, 0) is 24.3 Å². The number of non-ortho nitro benzene ring substituents is 1. The highest BCUT2D eigenvalue weighted by Crippen LogP contribution is 2.41. The predicted molar refractivity (Wildman–Crippen MR) is 106 cm³/mol. The zero-order chi connectivity index (χ0) is 21.4. The Morgan fingerprint density at radius 3 is 2.53 bits per heavy atom. The highest BCUT2D eigenvalue weighted by molar-refractivity contribution is 5.99. The van der Waals surface area contributed by atoms with Crippen LogP contribution in [0.25, 0.3) is 22.0 Å². The van der Waals surface area contributed by atoms with E-state index in [0.717, 1.165) is 12.1 Å². The van der Waals surface area contributed by atoms with E-state index in [1.54, 1.807) is 30.1 Å². The average Bonchev–Trinajstić information content (AvgIpc) is 3.07. The molecule has 152 valence electrons. The molecule has 0 radical (unpaired) electrons. The molecule has 0 aliphatic heterocycles. The zero-order valence-corrected chi connectivity index (χ0v) is 15.9. The van der Waals surface area contributed by atoms with Crippen LogP contribution in [0, 0.1) is 21.7 Å². The van der Waals surface area contributed by atoms with E-state index >= 15 is 0 Å². The van der Waals surface area contributed by atoms with Gasteiger partial charge in [-0.25, -0.2) is 13.8 Å². The molecule has 0 atom stereocenters. The van der Waals surface area contributed by atoms with Crippen LogP contribution in [0.5, 0.6) is 17.4 Å². The summed E-state index contributed by atoms with van der Waals surface area (Å²) in [6.07, 6.45) is 3.31. The van der Waals surface area contributed by atoms with E-state index in [0.29, 0.717) is 34.0 Å². The molecule has 30 heavy (non-hydrogen) atoms. The molecule has 2 heterocycles. The predicted octanol–water partition coefficient (Wildman–Crippen LogP) is 5.23. The van der Waals surface area contributed by atoms with Crippen LogP contribution in [0.1, 0.15) is 0 Å². The molecule has 0 saturated heterocycles. The lowest BCUT2D eigenvalue weighted by Gasteiger charge is -2.12. The molecule has 0 aliphatic carbocycles. The van der Waals surface area contributed by atoms with Crippen molar-refractivity contribution in [2.45, 2.75) is 0 Å². The minimum absolute atomic E-state index is 0.157. The normalized spacial score (nSPS) is 10.9. The van der Waals surface area contributed by atoms with Gasteiger partial charge in [-0.3, -0.25) is 10.1 Å². The molecule has 2 aromatic heterocycles. The molecule has 2 aromatic carbocycles. The number of hydrogen-bond acceptors (Lipinski definition) is 5. The van der Waals surface area contributed by atoms with Crippen LogP contribution in [0.15, 0.2) is 54.9 Å². The molecular formula is C21H15F2N3O4. The fraction of sp³-hybridized carbons (Fsp3) is 0.0952. The number of fused-ring (bicyclic) bond motifs is 1. The van der Waals surface area contributed by atoms with Crippen molar-refractivity contribution in [3.8, 4) is 28.5 Å². The first-order valence-electron chi connectivity index (χ1n) is 8.78. The summed E-state index contributed by atoms with van der Waals surface area (Å²) in [6.45, 7) is 0. The van der Waals surface area contributed by atoms with Crippen molar-refractivity contribution in [1.29, 1.82) is 0 Å². The molecule has 4 rings (SSSR count). The standard InChI is InChI=1S/C21H15F2N3O4/c1-25-11-16(14-7-8-24-21(29-2)20(14)25)15-10-13(26(27)28)4-6-18(15)30-19-5-3-12(22)9-17(19)23/h3-11H,1-2H3. The first-order valence-corrected chi connectivity index (χ1v) is 8.78. The van der Waals surface area contributed by atoms with E-state index in [1.807, 2.05) is 0 Å². The number of nitro benzene ring substituents is 1. The highest BCUT2D eigenvalue weighted by Gasteiger charge is 2.20. The van der Waals surface area contributed by atoms with E-state index in [-0.39, 0.29) is 17.2 Å². The van der Waals surface area contributed by atoms with Gasteiger partial charge in [-0.15, -0.1) is 0 Å². The number of benzene rings is 2. The SMILES string of the molecule is COc1nccc2c(-c3cc([N+](=O)[O-])ccc3Oc3ccc(F)cc3F)cn(C)c12. The number of nitrogens with zero attached hydrogens (tertiary/aromatic N) is 3. The smallest absolute Gasteiger partial charge is 0.270 e. The van der Waals surface area contributed by atoms with Crippen molar-refractivity contribution in [3.63, 3.8) is 0 Å². The van der Waals surface area contributed by atoms with E-state index in [9.17, 15) is 18.9 Å². The number of halogens is 2. The second-order valence-corrected chi connectivity index (χ2v) is 6.48. The Bertz CT molecular complexity index is 1290. The molecule has 0 unspecified atom stereocenters. The summed E-state index contributed by atoms with van der Waals surface area (Å²) < 4.78 is 40.1. The number of hydrogen-bond donors (Lipinski definition) is 0. The molecule has 0 aliphatic rings. The fourth-order valence-electron chi connectivity index (χ4n) is 3.29. The van der Waals surface area contributed by atoms with E-state index < -0.39 is 16.6 Å². The van der Waals surface area contributed by atoms with Crippen LogP contribution < -0.4 is 9.47 Å². The van der Waals surface area contributed by atoms with Gasteiger partial charge in [0.2, 0.25) is 5.88 Å². The summed E-state index contributed by atoms with van der Waals surface area (Å²) in [4.78, 5) is 15.0. The molecule has 7 nitrogen and oxygen atoms in total. The lowest BCUT2D eigenvalue weighted by Crippen LogP contribution is -1.94. The van der Waals surface area contributed by atoms with Crippen LogP contribution in [-0.4, -0.2) is 21.6 Å². The summed E-state index contributed by atoms with van der Waals surface area (Å²) in [5.41, 5.74) is 1.50. The van der Waals surface area contributed by atoms with Gasteiger partial charge >= 0.3 is 0 Å². The minimum Gasteiger partial charge on any atom is -0.479 e. The van der Waals surface area contributed by atoms with E-state index in [1.165, 1.54) is 25.3 Å². The first kappa shape index (κ1) is 19.3. The van der Waals surface area contributed by atoms with Gasteiger partial charge in [0.05, 0.1) is 12.0 Å². The van der Waals surface area contributed by atoms with Crippen LogP contribution in [0.3, 0.4) is 0 Å². The maximum absolute atomic E-state index is 14.1. The monoisotopic (exact) mass is 411 g/mol. The largest absolute Gasteiger partial charge is 0.479 e. The third-order valence-electron chi connectivity index (χ3n) is 4.63. The fourth-order valence-corrected chi connectivity index (χ4v) is 3.29. The Kier molecular flexibility index (Phi) is 4.78. The second kappa shape index (κ2) is 7.43. The maximum Gasteiger partial charge on any atom is 0.270 e. The Balaban J connectivity index is 1.93. The number of nitro groups is 1. The highest BCUT2D eigenvalue weighted by atomic mass is 19.1. The molecule has 0 fully saturated rings. The summed E-state index contributed by atoms with van der Waals surface area (Å²) in [7, 11) is 3.28. The average molecular weight is 411 g/mol. The lowest BCUT2D eigenvalue weighted by atomic mass is 10.0. The van der Waals surface area contributed by atoms with Gasteiger partial charge in [0.1, 0.15) is 17.1 Å². The summed E-state index contributed by atoms with van der Waals surface area (Å²) in [6, 6.07) is 8.66. The van der Waals surface area contributed by atoms with Crippen molar-refractivity contribution < 1.29 is 23.2 Å². The molecule has 0 saturated carbocycles. The van der Waals surface area contributed by atoms with Crippen LogP contribution in [0.2, 0.25) is 0 Å². The van der Waals surface area contributed by atoms with E-state index in [2.05, 4.69) is 4.98 Å². The van der Waals surface area contributed by atoms with Gasteiger partial charge in [-0.1, -0.05) is 0 Å². The van der Waals surface area contributed by atoms with Crippen molar-refractivity contribution >= 4 is 16.6 Å². The van der Waals surface area contributed by atoms with Crippen molar-refractivity contribution in [1.82, 2.24) is 9.55 Å². The number of aryl methyl sites for hydroxylation is 1. The van der Waals surface area contributed by atoms with Gasteiger partial charge in [0.15, 0.2) is 11.6 Å². The van der Waals surface area contributed by atoms with Gasteiger partial charge in [0.25, 0.3) is 5.69 Å². The third kappa shape index (κ3) is 3.30. The Labute approximate surface area is 169 Å². The number of ether oxygens (including phenoxy) is 2. The third-order valence-corrected chi connectivity index (χ3v) is 4.63. The van der Waals surface area contributed by atoms with E-state index in [4.69, 9.17) is 9.47 Å². The molecule has 0 N–H and O–H groups in total. The number of rotatable bonds is 5. The Morgan fingerprint density at radius 1 is 1.07 bits per heavy atom. The molecule has 0 amide bonds. The summed E-state index contributed by atoms with van der Waals surface area (Å²) in [5.74, 6) is -1.26. The molecule has 4 aromatic rings. The topological polar surface area (TPSA) is 79.4 Å². The lowest BCUT2D eigenvalue weighted by molar-refractivity contribution is -0.384.